The number of hydrogen-bond donors (Lipinski definition) is 1. The fourth-order valence-corrected chi connectivity index (χ4v) is 3.13. The number of carbonyl (C=O) groups excluding carboxylic acids is 1. The van der Waals surface area contributed by atoms with E-state index in [0.29, 0.717) is 6.61 Å². The summed E-state index contributed by atoms with van der Waals surface area (Å²) in [6.07, 6.45) is 1.37. The highest BCUT2D eigenvalue weighted by Crippen LogP contribution is 2.31. The Morgan fingerprint density at radius 2 is 2.24 bits per heavy atom. The second kappa shape index (κ2) is 5.91. The van der Waals surface area contributed by atoms with E-state index in [1.54, 1.807) is 24.1 Å². The van der Waals surface area contributed by atoms with Crippen LogP contribution in [0.15, 0.2) is 18.2 Å². The van der Waals surface area contributed by atoms with Crippen molar-refractivity contribution >= 4 is 17.5 Å². The molecule has 0 spiro atoms. The Balaban J connectivity index is 1.73. The smallest absolute Gasteiger partial charge is 0.239 e. The zero-order valence-corrected chi connectivity index (χ0v) is 12.6. The average Bonchev–Trinajstić information content (AvgIpc) is 3.04. The number of carbonyl (C=O) groups is 1. The van der Waals surface area contributed by atoms with E-state index in [2.05, 4.69) is 5.32 Å². The van der Waals surface area contributed by atoms with E-state index in [1.165, 1.54) is 6.07 Å². The number of nitrogens with zero attached hydrogens (tertiary/aromatic N) is 1. The fourth-order valence-electron chi connectivity index (χ4n) is 3.01. The number of halogens is 2. The third-order valence-electron chi connectivity index (χ3n) is 4.21. The Morgan fingerprint density at radius 1 is 1.43 bits per heavy atom. The standard InChI is InChI=1S/C15H18ClFN2O2/c1-19-6-4-13(15(19)20)18-12-5-7-21-14(12)9-2-3-10(16)11(17)8-9/h2-3,8,12-14,18H,4-7H2,1H3/t12-,13-,14-/m0/s1. The van der Waals surface area contributed by atoms with Gasteiger partial charge in [-0.2, -0.15) is 0 Å². The van der Waals surface area contributed by atoms with Crippen LogP contribution in [-0.4, -0.2) is 43.1 Å². The molecule has 21 heavy (non-hydrogen) atoms. The lowest BCUT2D eigenvalue weighted by atomic mass is 10.0. The third-order valence-corrected chi connectivity index (χ3v) is 4.51. The van der Waals surface area contributed by atoms with E-state index in [4.69, 9.17) is 16.3 Å². The molecule has 0 saturated carbocycles. The SMILES string of the molecule is CN1CC[C@H](N[C@H]2CCO[C@H]2c2ccc(Cl)c(F)c2)C1=O. The van der Waals surface area contributed by atoms with E-state index in [0.717, 1.165) is 24.9 Å². The molecule has 2 heterocycles. The number of likely N-dealkylation sites (N-methyl/N-ethyl adjacent to an activating group) is 1. The Bertz CT molecular complexity index is 554. The van der Waals surface area contributed by atoms with Crippen molar-refractivity contribution in [3.63, 3.8) is 0 Å². The molecule has 1 aromatic rings. The maximum Gasteiger partial charge on any atom is 0.239 e. The fraction of sp³-hybridized carbons (Fsp3) is 0.533. The van der Waals surface area contributed by atoms with Crippen LogP contribution in [0.2, 0.25) is 5.02 Å². The first kappa shape index (κ1) is 14.8. The van der Waals surface area contributed by atoms with E-state index in [9.17, 15) is 9.18 Å². The second-order valence-electron chi connectivity index (χ2n) is 5.63. The summed E-state index contributed by atoms with van der Waals surface area (Å²) in [5.74, 6) is -0.331. The van der Waals surface area contributed by atoms with Gasteiger partial charge in [-0.15, -0.1) is 0 Å². The summed E-state index contributed by atoms with van der Waals surface area (Å²) in [6, 6.07) is 4.58. The highest BCUT2D eigenvalue weighted by molar-refractivity contribution is 6.30. The maximum atomic E-state index is 13.6. The Labute approximate surface area is 128 Å². The molecule has 1 amide bonds. The van der Waals surface area contributed by atoms with Gasteiger partial charge >= 0.3 is 0 Å². The van der Waals surface area contributed by atoms with Crippen molar-refractivity contribution in [1.82, 2.24) is 10.2 Å². The van der Waals surface area contributed by atoms with Crippen LogP contribution in [-0.2, 0) is 9.53 Å². The molecule has 2 aliphatic rings. The number of hydrogen-bond acceptors (Lipinski definition) is 3. The number of nitrogens with one attached hydrogen (secondary N) is 1. The molecule has 0 unspecified atom stereocenters. The second-order valence-corrected chi connectivity index (χ2v) is 6.04. The average molecular weight is 313 g/mol. The lowest BCUT2D eigenvalue weighted by Gasteiger charge is -2.23. The van der Waals surface area contributed by atoms with Gasteiger partial charge in [-0.05, 0) is 30.5 Å². The molecule has 2 aliphatic heterocycles. The molecular weight excluding hydrogens is 295 g/mol. The van der Waals surface area contributed by atoms with Gasteiger partial charge in [0.1, 0.15) is 5.82 Å². The first-order valence-corrected chi connectivity index (χ1v) is 7.51. The van der Waals surface area contributed by atoms with Crippen LogP contribution < -0.4 is 5.32 Å². The third kappa shape index (κ3) is 2.91. The highest BCUT2D eigenvalue weighted by atomic mass is 35.5. The van der Waals surface area contributed by atoms with Gasteiger partial charge in [-0.25, -0.2) is 4.39 Å². The summed E-state index contributed by atoms with van der Waals surface area (Å²) >= 11 is 5.71. The molecule has 0 radical (unpaired) electrons. The van der Waals surface area contributed by atoms with Crippen LogP contribution in [0.1, 0.15) is 24.5 Å². The van der Waals surface area contributed by atoms with Crippen LogP contribution in [0.5, 0.6) is 0 Å². The van der Waals surface area contributed by atoms with Crippen molar-refractivity contribution in [2.75, 3.05) is 20.2 Å². The van der Waals surface area contributed by atoms with Crippen molar-refractivity contribution in [3.05, 3.63) is 34.6 Å². The van der Waals surface area contributed by atoms with E-state index >= 15 is 0 Å². The van der Waals surface area contributed by atoms with Crippen molar-refractivity contribution in [1.29, 1.82) is 0 Å². The minimum absolute atomic E-state index is 0.0195. The van der Waals surface area contributed by atoms with Gasteiger partial charge in [0, 0.05) is 26.2 Å². The van der Waals surface area contributed by atoms with Gasteiger partial charge in [0.15, 0.2) is 0 Å². The molecule has 0 bridgehead atoms. The van der Waals surface area contributed by atoms with Gasteiger partial charge in [-0.3, -0.25) is 10.1 Å². The number of ether oxygens (including phenoxy) is 1. The van der Waals surface area contributed by atoms with Crippen LogP contribution >= 0.6 is 11.6 Å². The van der Waals surface area contributed by atoms with Gasteiger partial charge in [-0.1, -0.05) is 17.7 Å². The Kier molecular flexibility index (Phi) is 4.15. The Morgan fingerprint density at radius 3 is 2.90 bits per heavy atom. The number of benzene rings is 1. The van der Waals surface area contributed by atoms with Crippen LogP contribution in [0.25, 0.3) is 0 Å². The molecule has 3 atom stereocenters. The molecule has 6 heteroatoms. The molecule has 3 rings (SSSR count). The summed E-state index contributed by atoms with van der Waals surface area (Å²) in [4.78, 5) is 13.7. The number of likely N-dealkylation sites (tertiary alicyclic amines) is 1. The Hall–Kier alpha value is -1.17. The van der Waals surface area contributed by atoms with Crippen LogP contribution in [0, 0.1) is 5.82 Å². The minimum atomic E-state index is -0.444. The van der Waals surface area contributed by atoms with Crippen molar-refractivity contribution in [2.24, 2.45) is 0 Å². The van der Waals surface area contributed by atoms with Crippen LogP contribution in [0.4, 0.5) is 4.39 Å². The quantitative estimate of drug-likeness (QED) is 0.929. The predicted octanol–water partition coefficient (Wildman–Crippen LogP) is 2.13. The minimum Gasteiger partial charge on any atom is -0.372 e. The first-order valence-electron chi connectivity index (χ1n) is 7.14. The van der Waals surface area contributed by atoms with E-state index < -0.39 is 5.82 Å². The lowest BCUT2D eigenvalue weighted by molar-refractivity contribution is -0.128. The van der Waals surface area contributed by atoms with Crippen molar-refractivity contribution in [3.8, 4) is 0 Å². The zero-order valence-electron chi connectivity index (χ0n) is 11.8. The molecule has 1 aromatic carbocycles. The van der Waals surface area contributed by atoms with Gasteiger partial charge in [0.05, 0.1) is 17.2 Å². The summed E-state index contributed by atoms with van der Waals surface area (Å²) < 4.78 is 19.3. The van der Waals surface area contributed by atoms with Gasteiger partial charge in [0.2, 0.25) is 5.91 Å². The van der Waals surface area contributed by atoms with Crippen LogP contribution in [0.3, 0.4) is 0 Å². The van der Waals surface area contributed by atoms with Crippen molar-refractivity contribution in [2.45, 2.75) is 31.0 Å². The maximum absolute atomic E-state index is 13.6. The summed E-state index contributed by atoms with van der Waals surface area (Å²) in [5.41, 5.74) is 0.755. The molecule has 1 N–H and O–H groups in total. The predicted molar refractivity (Wildman–Crippen MR) is 77.7 cm³/mol. The molecule has 0 aromatic heterocycles. The molecular formula is C15H18ClFN2O2. The molecule has 2 saturated heterocycles. The zero-order chi connectivity index (χ0) is 15.0. The van der Waals surface area contributed by atoms with E-state index in [1.807, 2.05) is 0 Å². The molecule has 2 fully saturated rings. The first-order chi connectivity index (χ1) is 10.1. The number of amides is 1. The molecule has 4 nitrogen and oxygen atoms in total. The monoisotopic (exact) mass is 312 g/mol. The summed E-state index contributed by atoms with van der Waals surface area (Å²) in [7, 11) is 1.81. The lowest BCUT2D eigenvalue weighted by Crippen LogP contribution is -2.44. The van der Waals surface area contributed by atoms with E-state index in [-0.39, 0.29) is 29.1 Å². The largest absolute Gasteiger partial charge is 0.372 e. The summed E-state index contributed by atoms with van der Waals surface area (Å²) in [5, 5.41) is 3.47. The molecule has 114 valence electrons. The topological polar surface area (TPSA) is 41.6 Å². The van der Waals surface area contributed by atoms with Gasteiger partial charge in [0.25, 0.3) is 0 Å². The van der Waals surface area contributed by atoms with Gasteiger partial charge < -0.3 is 9.64 Å². The highest BCUT2D eigenvalue weighted by Gasteiger charge is 2.36. The van der Waals surface area contributed by atoms with Crippen molar-refractivity contribution < 1.29 is 13.9 Å². The molecule has 0 aliphatic carbocycles. The normalized spacial score (nSPS) is 29.4. The number of rotatable bonds is 3. The summed E-state index contributed by atoms with van der Waals surface area (Å²) in [6.45, 7) is 1.37.